The zero-order chi connectivity index (χ0) is 15.6. The lowest BCUT2D eigenvalue weighted by Gasteiger charge is -2.30. The highest BCUT2D eigenvalue weighted by molar-refractivity contribution is 6.31. The second kappa shape index (κ2) is 6.05. The quantitative estimate of drug-likeness (QED) is 0.787. The Labute approximate surface area is 138 Å². The maximum absolute atomic E-state index is 11.5. The lowest BCUT2D eigenvalue weighted by atomic mass is 9.81. The van der Waals surface area contributed by atoms with Gasteiger partial charge in [0.1, 0.15) is 11.9 Å². The molecule has 0 aliphatic rings. The van der Waals surface area contributed by atoms with E-state index in [1.54, 1.807) is 48.8 Å². The number of hydrogen-bond donors (Lipinski definition) is 1. The molecule has 0 radical (unpaired) electrons. The average Bonchev–Trinajstić information content (AvgIpc) is 2.56. The third-order valence-corrected chi connectivity index (χ3v) is 4.09. The number of benzene rings is 2. The minimum Gasteiger partial charge on any atom is -0.376 e. The van der Waals surface area contributed by atoms with Gasteiger partial charge in [0.05, 0.1) is 0 Å². The Morgan fingerprint density at radius 3 is 2.09 bits per heavy atom. The summed E-state index contributed by atoms with van der Waals surface area (Å²) in [5, 5.41) is 12.5. The molecule has 5 heteroatoms. The SMILES string of the molecule is O[C@@](c1ccc(Cl)cc1)(c1cncnc1)c1ccccc1Cl. The van der Waals surface area contributed by atoms with E-state index in [2.05, 4.69) is 9.97 Å². The van der Waals surface area contributed by atoms with Crippen molar-refractivity contribution in [3.05, 3.63) is 94.0 Å². The molecule has 1 aromatic heterocycles. The Balaban J connectivity index is 2.27. The maximum Gasteiger partial charge on any atom is 0.144 e. The molecule has 0 fully saturated rings. The molecule has 0 aliphatic carbocycles. The normalized spacial score (nSPS) is 13.6. The maximum atomic E-state index is 11.5. The first-order valence-corrected chi connectivity index (χ1v) is 7.37. The van der Waals surface area contributed by atoms with Crippen LogP contribution in [0.3, 0.4) is 0 Å². The zero-order valence-electron chi connectivity index (χ0n) is 11.4. The summed E-state index contributed by atoms with van der Waals surface area (Å²) in [6.45, 7) is 0. The molecule has 2 aromatic carbocycles. The van der Waals surface area contributed by atoms with Crippen molar-refractivity contribution in [2.75, 3.05) is 0 Å². The highest BCUT2D eigenvalue weighted by Gasteiger charge is 2.36. The van der Waals surface area contributed by atoms with Crippen molar-refractivity contribution in [1.29, 1.82) is 0 Å². The lowest BCUT2D eigenvalue weighted by molar-refractivity contribution is 0.125. The van der Waals surface area contributed by atoms with E-state index in [-0.39, 0.29) is 0 Å². The minimum atomic E-state index is -1.45. The van der Waals surface area contributed by atoms with Crippen molar-refractivity contribution in [1.82, 2.24) is 9.97 Å². The van der Waals surface area contributed by atoms with E-state index >= 15 is 0 Å². The van der Waals surface area contributed by atoms with Gasteiger partial charge in [-0.25, -0.2) is 9.97 Å². The van der Waals surface area contributed by atoms with E-state index in [0.717, 1.165) is 0 Å². The van der Waals surface area contributed by atoms with Gasteiger partial charge >= 0.3 is 0 Å². The number of aromatic nitrogens is 2. The van der Waals surface area contributed by atoms with Crippen molar-refractivity contribution in [2.24, 2.45) is 0 Å². The standard InChI is InChI=1S/C17H12Cl2N2O/c18-14-7-5-12(6-8-14)17(22,13-9-20-11-21-10-13)15-3-1-2-4-16(15)19/h1-11,22H/t17-/m0/s1. The van der Waals surface area contributed by atoms with Crippen LogP contribution in [0, 0.1) is 0 Å². The van der Waals surface area contributed by atoms with Crippen LogP contribution in [-0.4, -0.2) is 15.1 Å². The van der Waals surface area contributed by atoms with Crippen LogP contribution in [0.4, 0.5) is 0 Å². The summed E-state index contributed by atoms with van der Waals surface area (Å²) in [7, 11) is 0. The van der Waals surface area contributed by atoms with Crippen molar-refractivity contribution < 1.29 is 5.11 Å². The lowest BCUT2D eigenvalue weighted by Crippen LogP contribution is -2.29. The van der Waals surface area contributed by atoms with Gasteiger partial charge < -0.3 is 5.11 Å². The molecule has 0 amide bonds. The third-order valence-electron chi connectivity index (χ3n) is 3.50. The van der Waals surface area contributed by atoms with E-state index in [1.165, 1.54) is 6.33 Å². The Hall–Kier alpha value is -1.94. The Morgan fingerprint density at radius 2 is 1.45 bits per heavy atom. The van der Waals surface area contributed by atoms with Gasteiger partial charge in [0.25, 0.3) is 0 Å². The molecule has 0 unspecified atom stereocenters. The first-order chi connectivity index (χ1) is 10.6. The number of aliphatic hydroxyl groups is 1. The van der Waals surface area contributed by atoms with Crippen molar-refractivity contribution in [2.45, 2.75) is 5.60 Å². The summed E-state index contributed by atoms with van der Waals surface area (Å²) in [5.74, 6) is 0. The molecule has 0 saturated heterocycles. The highest BCUT2D eigenvalue weighted by atomic mass is 35.5. The summed E-state index contributed by atoms with van der Waals surface area (Å²) in [4.78, 5) is 8.02. The molecule has 0 bridgehead atoms. The molecule has 1 heterocycles. The van der Waals surface area contributed by atoms with Crippen LogP contribution in [0.15, 0.2) is 67.3 Å². The molecule has 1 atom stereocenters. The van der Waals surface area contributed by atoms with Gasteiger partial charge in [-0.3, -0.25) is 0 Å². The molecule has 3 rings (SSSR count). The topological polar surface area (TPSA) is 46.0 Å². The fraction of sp³-hybridized carbons (Fsp3) is 0.0588. The van der Waals surface area contributed by atoms with E-state index in [9.17, 15) is 5.11 Å². The number of halogens is 2. The molecule has 0 saturated carbocycles. The average molecular weight is 331 g/mol. The first-order valence-electron chi connectivity index (χ1n) is 6.61. The summed E-state index contributed by atoms with van der Waals surface area (Å²) in [6.07, 6.45) is 4.56. The van der Waals surface area contributed by atoms with Crippen LogP contribution in [0.5, 0.6) is 0 Å². The minimum absolute atomic E-state index is 0.462. The molecule has 1 N–H and O–H groups in total. The van der Waals surface area contributed by atoms with E-state index in [0.29, 0.717) is 26.7 Å². The van der Waals surface area contributed by atoms with Gasteiger partial charge in [-0.15, -0.1) is 0 Å². The third kappa shape index (κ3) is 2.59. The second-order valence-electron chi connectivity index (χ2n) is 4.82. The molecule has 0 aliphatic heterocycles. The van der Waals surface area contributed by atoms with E-state index in [1.807, 2.05) is 12.1 Å². The number of nitrogens with zero attached hydrogens (tertiary/aromatic N) is 2. The van der Waals surface area contributed by atoms with E-state index in [4.69, 9.17) is 23.2 Å². The predicted molar refractivity (Wildman–Crippen MR) is 87.0 cm³/mol. The van der Waals surface area contributed by atoms with Gasteiger partial charge in [0.2, 0.25) is 0 Å². The Kier molecular flexibility index (Phi) is 4.12. The van der Waals surface area contributed by atoms with Crippen LogP contribution in [0.2, 0.25) is 10.0 Å². The molecule has 3 aromatic rings. The van der Waals surface area contributed by atoms with Crippen LogP contribution in [0.1, 0.15) is 16.7 Å². The van der Waals surface area contributed by atoms with Crippen LogP contribution in [0.25, 0.3) is 0 Å². The fourth-order valence-electron chi connectivity index (χ4n) is 2.41. The number of rotatable bonds is 3. The van der Waals surface area contributed by atoms with Gasteiger partial charge in [0.15, 0.2) is 0 Å². The molecule has 3 nitrogen and oxygen atoms in total. The number of hydrogen-bond acceptors (Lipinski definition) is 3. The molecule has 0 spiro atoms. The van der Waals surface area contributed by atoms with Crippen molar-refractivity contribution in [3.8, 4) is 0 Å². The van der Waals surface area contributed by atoms with Gasteiger partial charge in [-0.1, -0.05) is 53.5 Å². The van der Waals surface area contributed by atoms with Crippen molar-refractivity contribution >= 4 is 23.2 Å². The van der Waals surface area contributed by atoms with Gasteiger partial charge in [-0.2, -0.15) is 0 Å². The highest BCUT2D eigenvalue weighted by Crippen LogP contribution is 2.39. The van der Waals surface area contributed by atoms with Crippen LogP contribution >= 0.6 is 23.2 Å². The molecule has 110 valence electrons. The molecule has 22 heavy (non-hydrogen) atoms. The van der Waals surface area contributed by atoms with Gasteiger partial charge in [-0.05, 0) is 23.8 Å². The van der Waals surface area contributed by atoms with Crippen LogP contribution in [-0.2, 0) is 5.60 Å². The monoisotopic (exact) mass is 330 g/mol. The summed E-state index contributed by atoms with van der Waals surface area (Å²) < 4.78 is 0. The van der Waals surface area contributed by atoms with E-state index < -0.39 is 5.60 Å². The fourth-order valence-corrected chi connectivity index (χ4v) is 2.81. The second-order valence-corrected chi connectivity index (χ2v) is 5.67. The molecular weight excluding hydrogens is 319 g/mol. The van der Waals surface area contributed by atoms with Crippen molar-refractivity contribution in [3.63, 3.8) is 0 Å². The summed E-state index contributed by atoms with van der Waals surface area (Å²) in [6, 6.07) is 14.1. The van der Waals surface area contributed by atoms with Crippen LogP contribution < -0.4 is 0 Å². The smallest absolute Gasteiger partial charge is 0.144 e. The first kappa shape index (κ1) is 15.0. The Bertz CT molecular complexity index is 778. The zero-order valence-corrected chi connectivity index (χ0v) is 13.0. The molecular formula is C17H12Cl2N2O. The van der Waals surface area contributed by atoms with Gasteiger partial charge in [0, 0.05) is 33.6 Å². The predicted octanol–water partition coefficient (Wildman–Crippen LogP) is 4.07. The Morgan fingerprint density at radius 1 is 0.818 bits per heavy atom. The summed E-state index contributed by atoms with van der Waals surface area (Å²) >= 11 is 12.3. The summed E-state index contributed by atoms with van der Waals surface area (Å²) in [5.41, 5.74) is 0.281. The largest absolute Gasteiger partial charge is 0.376 e.